The van der Waals surface area contributed by atoms with Crippen LogP contribution in [0, 0.1) is 0 Å². The number of amides is 2. The Balaban J connectivity index is 1.46. The predicted octanol–water partition coefficient (Wildman–Crippen LogP) is 3.06. The fourth-order valence-electron chi connectivity index (χ4n) is 2.97. The molecule has 3 aromatic rings. The normalized spacial score (nSPS) is 14.4. The van der Waals surface area contributed by atoms with E-state index in [1.165, 1.54) is 11.3 Å². The van der Waals surface area contributed by atoms with Gasteiger partial charge in [0, 0.05) is 30.7 Å². The summed E-state index contributed by atoms with van der Waals surface area (Å²) in [6, 6.07) is 9.09. The van der Waals surface area contributed by atoms with Gasteiger partial charge in [0.2, 0.25) is 5.91 Å². The van der Waals surface area contributed by atoms with Crippen LogP contribution in [0.15, 0.2) is 48.8 Å². The summed E-state index contributed by atoms with van der Waals surface area (Å²) in [5.74, 6) is 0.689. The largest absolute Gasteiger partial charge is 0.455 e. The van der Waals surface area contributed by atoms with Crippen molar-refractivity contribution >= 4 is 39.3 Å². The highest BCUT2D eigenvalue weighted by Crippen LogP contribution is 2.34. The molecule has 2 N–H and O–H groups in total. The zero-order chi connectivity index (χ0) is 20.2. The maximum Gasteiger partial charge on any atom is 0.258 e. The van der Waals surface area contributed by atoms with Crippen LogP contribution < -0.4 is 10.5 Å². The lowest BCUT2D eigenvalue weighted by Gasteiger charge is -2.25. The lowest BCUT2D eigenvalue weighted by atomic mass is 10.2. The van der Waals surface area contributed by atoms with Gasteiger partial charge in [-0.25, -0.2) is 0 Å². The molecule has 0 radical (unpaired) electrons. The summed E-state index contributed by atoms with van der Waals surface area (Å²) >= 11 is 1.28. The third-order valence-corrected chi connectivity index (χ3v) is 5.59. The van der Waals surface area contributed by atoms with E-state index in [2.05, 4.69) is 4.98 Å². The molecule has 1 aromatic carbocycles. The molecule has 4 rings (SSSR count). The summed E-state index contributed by atoms with van der Waals surface area (Å²) in [4.78, 5) is 30.0. The molecule has 1 aliphatic heterocycles. The van der Waals surface area contributed by atoms with E-state index < -0.39 is 5.91 Å². The number of carbonyl (C=O) groups excluding carboxylic acids is 2. The van der Waals surface area contributed by atoms with Crippen LogP contribution in [0.5, 0.6) is 11.5 Å². The van der Waals surface area contributed by atoms with Crippen LogP contribution in [-0.4, -0.2) is 48.0 Å². The molecular weight excluding hydrogens is 390 g/mol. The van der Waals surface area contributed by atoms with Gasteiger partial charge in [-0.15, -0.1) is 11.3 Å². The second kappa shape index (κ2) is 8.42. The number of hydrogen-bond acceptors (Lipinski definition) is 6. The molecule has 2 aromatic heterocycles. The number of aromatic nitrogens is 1. The molecule has 8 heteroatoms. The average molecular weight is 409 g/mol. The van der Waals surface area contributed by atoms with Crippen molar-refractivity contribution in [3.05, 3.63) is 59.2 Å². The molecule has 0 aliphatic carbocycles. The molecule has 1 saturated heterocycles. The molecule has 0 unspecified atom stereocenters. The molecule has 7 nitrogen and oxygen atoms in total. The van der Waals surface area contributed by atoms with E-state index in [1.54, 1.807) is 35.5 Å². The molecule has 1 fully saturated rings. The first-order valence-corrected chi connectivity index (χ1v) is 9.92. The third-order valence-electron chi connectivity index (χ3n) is 4.50. The smallest absolute Gasteiger partial charge is 0.258 e. The van der Waals surface area contributed by atoms with Gasteiger partial charge in [-0.1, -0.05) is 12.1 Å². The number of hydrogen-bond donors (Lipinski definition) is 1. The van der Waals surface area contributed by atoms with Crippen molar-refractivity contribution in [1.29, 1.82) is 0 Å². The second-order valence-electron chi connectivity index (χ2n) is 6.47. The summed E-state index contributed by atoms with van der Waals surface area (Å²) in [6.07, 6.45) is 6.64. The molecule has 0 spiro atoms. The molecule has 2 amide bonds. The highest BCUT2D eigenvalue weighted by molar-refractivity contribution is 7.20. The minimum absolute atomic E-state index is 0.0194. The van der Waals surface area contributed by atoms with Gasteiger partial charge in [-0.05, 0) is 29.8 Å². The van der Waals surface area contributed by atoms with Crippen LogP contribution in [0.25, 0.3) is 16.2 Å². The Bertz CT molecular complexity index is 1070. The Hall–Kier alpha value is -3.23. The zero-order valence-electron chi connectivity index (χ0n) is 15.5. The maximum absolute atomic E-state index is 12.2. The number of primary amides is 1. The van der Waals surface area contributed by atoms with E-state index in [4.69, 9.17) is 15.2 Å². The van der Waals surface area contributed by atoms with E-state index in [9.17, 15) is 9.59 Å². The number of thiophene rings is 1. The van der Waals surface area contributed by atoms with Crippen LogP contribution in [0.2, 0.25) is 0 Å². The fourth-order valence-corrected chi connectivity index (χ4v) is 3.87. The number of fused-ring (bicyclic) bond motifs is 1. The number of nitrogens with zero attached hydrogens (tertiary/aromatic N) is 2. The minimum Gasteiger partial charge on any atom is -0.455 e. The Morgan fingerprint density at radius 1 is 1.17 bits per heavy atom. The summed E-state index contributed by atoms with van der Waals surface area (Å²) in [7, 11) is 0. The van der Waals surface area contributed by atoms with E-state index in [0.717, 1.165) is 15.6 Å². The SMILES string of the molecule is NC(=O)c1cc2c(Oc3ccc(/C=C/C(=O)N4CCOCC4)cc3)cncc2s1. The van der Waals surface area contributed by atoms with Crippen molar-refractivity contribution in [3.63, 3.8) is 0 Å². The Morgan fingerprint density at radius 2 is 1.93 bits per heavy atom. The first-order valence-electron chi connectivity index (χ1n) is 9.10. The Kier molecular flexibility index (Phi) is 5.55. The van der Waals surface area contributed by atoms with Crippen molar-refractivity contribution < 1.29 is 19.1 Å². The number of carbonyl (C=O) groups is 2. The van der Waals surface area contributed by atoms with Crippen LogP contribution in [0.4, 0.5) is 0 Å². The van der Waals surface area contributed by atoms with Gasteiger partial charge in [-0.2, -0.15) is 0 Å². The van der Waals surface area contributed by atoms with Gasteiger partial charge in [0.05, 0.1) is 29.0 Å². The van der Waals surface area contributed by atoms with Crippen molar-refractivity contribution in [2.75, 3.05) is 26.3 Å². The average Bonchev–Trinajstić information content (AvgIpc) is 3.19. The van der Waals surface area contributed by atoms with Crippen LogP contribution in [-0.2, 0) is 9.53 Å². The quantitative estimate of drug-likeness (QED) is 0.654. The summed E-state index contributed by atoms with van der Waals surface area (Å²) < 4.78 is 12.0. The highest BCUT2D eigenvalue weighted by atomic mass is 32.1. The van der Waals surface area contributed by atoms with E-state index in [1.807, 2.05) is 24.3 Å². The zero-order valence-corrected chi connectivity index (χ0v) is 16.4. The number of ether oxygens (including phenoxy) is 2. The Morgan fingerprint density at radius 3 is 2.66 bits per heavy atom. The topological polar surface area (TPSA) is 94.8 Å². The van der Waals surface area contributed by atoms with Gasteiger partial charge < -0.3 is 20.1 Å². The number of morpholine rings is 1. The number of nitrogens with two attached hydrogens (primary N) is 1. The van der Waals surface area contributed by atoms with Gasteiger partial charge in [0.25, 0.3) is 5.91 Å². The predicted molar refractivity (Wildman–Crippen MR) is 111 cm³/mol. The number of rotatable bonds is 5. The molecule has 0 bridgehead atoms. The van der Waals surface area contributed by atoms with Crippen molar-refractivity contribution in [1.82, 2.24) is 9.88 Å². The maximum atomic E-state index is 12.2. The Labute approximate surface area is 171 Å². The molecular formula is C21H19N3O4S. The highest BCUT2D eigenvalue weighted by Gasteiger charge is 2.14. The summed E-state index contributed by atoms with van der Waals surface area (Å²) in [5.41, 5.74) is 6.26. The van der Waals surface area contributed by atoms with Crippen LogP contribution in [0.1, 0.15) is 15.2 Å². The van der Waals surface area contributed by atoms with Gasteiger partial charge in [-0.3, -0.25) is 14.6 Å². The third kappa shape index (κ3) is 4.44. The van der Waals surface area contributed by atoms with E-state index in [-0.39, 0.29) is 5.91 Å². The summed E-state index contributed by atoms with van der Waals surface area (Å²) in [5, 5.41) is 0.791. The summed E-state index contributed by atoms with van der Waals surface area (Å²) in [6.45, 7) is 2.40. The number of benzene rings is 1. The molecule has 29 heavy (non-hydrogen) atoms. The molecule has 0 saturated carbocycles. The van der Waals surface area contributed by atoms with Gasteiger partial charge in [0.15, 0.2) is 5.75 Å². The lowest BCUT2D eigenvalue weighted by molar-refractivity contribution is -0.129. The first kappa shape index (κ1) is 19.1. The molecule has 148 valence electrons. The standard InChI is InChI=1S/C21H19N3O4S/c22-21(26)18-11-16-17(12-23-13-19(16)29-18)28-15-4-1-14(2-5-15)3-6-20(25)24-7-9-27-10-8-24/h1-6,11-13H,7-10H2,(H2,22,26)/b6-3+. The van der Waals surface area contributed by atoms with Crippen LogP contribution in [0.3, 0.4) is 0 Å². The second-order valence-corrected chi connectivity index (χ2v) is 7.55. The minimum atomic E-state index is -0.472. The number of pyridine rings is 1. The van der Waals surface area contributed by atoms with Crippen molar-refractivity contribution in [2.24, 2.45) is 5.73 Å². The van der Waals surface area contributed by atoms with Gasteiger partial charge >= 0.3 is 0 Å². The lowest BCUT2D eigenvalue weighted by Crippen LogP contribution is -2.39. The molecule has 3 heterocycles. The molecule has 1 aliphatic rings. The van der Waals surface area contributed by atoms with Crippen molar-refractivity contribution in [3.8, 4) is 11.5 Å². The monoisotopic (exact) mass is 409 g/mol. The molecule has 0 atom stereocenters. The van der Waals surface area contributed by atoms with E-state index in [0.29, 0.717) is 42.7 Å². The van der Waals surface area contributed by atoms with Gasteiger partial charge in [0.1, 0.15) is 5.75 Å². The van der Waals surface area contributed by atoms with Crippen LogP contribution >= 0.6 is 11.3 Å². The van der Waals surface area contributed by atoms with Crippen molar-refractivity contribution in [2.45, 2.75) is 0 Å². The fraction of sp³-hybridized carbons (Fsp3) is 0.190. The first-order chi connectivity index (χ1) is 14.1. The van der Waals surface area contributed by atoms with E-state index >= 15 is 0 Å².